The summed E-state index contributed by atoms with van der Waals surface area (Å²) in [5.74, 6) is 5.00. The predicted molar refractivity (Wildman–Crippen MR) is 98.1 cm³/mol. The number of carbonyl (C=O) groups excluding carboxylic acids is 2. The summed E-state index contributed by atoms with van der Waals surface area (Å²) in [5, 5.41) is 2.72. The van der Waals surface area contributed by atoms with Crippen molar-refractivity contribution < 1.29 is 19.1 Å². The van der Waals surface area contributed by atoms with Gasteiger partial charge in [-0.25, -0.2) is 9.59 Å². The minimum atomic E-state index is -0.919. The fourth-order valence-electron chi connectivity index (χ4n) is 3.13. The maximum Gasteiger partial charge on any atom is 0.409 e. The molecule has 0 heterocycles. The third-order valence-corrected chi connectivity index (χ3v) is 4.62. The zero-order valence-corrected chi connectivity index (χ0v) is 15.8. The summed E-state index contributed by atoms with van der Waals surface area (Å²) >= 11 is 0. The molecule has 0 aliphatic heterocycles. The van der Waals surface area contributed by atoms with Crippen LogP contribution in [0.4, 0.5) is 4.79 Å². The molecule has 1 aliphatic carbocycles. The van der Waals surface area contributed by atoms with Crippen molar-refractivity contribution in [3.05, 3.63) is 0 Å². The van der Waals surface area contributed by atoms with Gasteiger partial charge in [-0.3, -0.25) is 0 Å². The van der Waals surface area contributed by atoms with Crippen LogP contribution in [-0.4, -0.2) is 30.8 Å². The van der Waals surface area contributed by atoms with E-state index < -0.39 is 11.6 Å². The second kappa shape index (κ2) is 12.6. The summed E-state index contributed by atoms with van der Waals surface area (Å²) < 4.78 is 10.4. The molecule has 25 heavy (non-hydrogen) atoms. The number of unbranched alkanes of at least 4 members (excludes halogenated alkanes) is 6. The molecule has 0 radical (unpaired) electrons. The molecule has 1 N–H and O–H groups in total. The van der Waals surface area contributed by atoms with Gasteiger partial charge in [0, 0.05) is 0 Å². The van der Waals surface area contributed by atoms with E-state index in [-0.39, 0.29) is 12.6 Å². The number of hydrogen-bond donors (Lipinski definition) is 1. The molecule has 0 aromatic heterocycles. The van der Waals surface area contributed by atoms with Crippen LogP contribution in [0.3, 0.4) is 0 Å². The SMILES string of the molecule is CC#CCOC(=O)NC1(C(=O)OCCCCCCCCC)CCCC1. The molecule has 1 amide bonds. The van der Waals surface area contributed by atoms with Crippen LogP contribution in [0.5, 0.6) is 0 Å². The Morgan fingerprint density at radius 2 is 1.64 bits per heavy atom. The van der Waals surface area contributed by atoms with Crippen molar-refractivity contribution in [2.45, 2.75) is 90.0 Å². The average Bonchev–Trinajstić information content (AvgIpc) is 3.07. The smallest absolute Gasteiger partial charge is 0.409 e. The van der Waals surface area contributed by atoms with Crippen molar-refractivity contribution in [1.29, 1.82) is 0 Å². The highest BCUT2D eigenvalue weighted by atomic mass is 16.6. The van der Waals surface area contributed by atoms with Crippen molar-refractivity contribution in [2.75, 3.05) is 13.2 Å². The van der Waals surface area contributed by atoms with Crippen molar-refractivity contribution in [3.8, 4) is 11.8 Å². The van der Waals surface area contributed by atoms with Gasteiger partial charge in [0.05, 0.1) is 6.61 Å². The van der Waals surface area contributed by atoms with E-state index in [2.05, 4.69) is 24.1 Å². The summed E-state index contributed by atoms with van der Waals surface area (Å²) in [6.45, 7) is 4.35. The first kappa shape index (κ1) is 21.3. The lowest BCUT2D eigenvalue weighted by Gasteiger charge is -2.27. The first-order valence-electron chi connectivity index (χ1n) is 9.66. The molecule has 0 bridgehead atoms. The van der Waals surface area contributed by atoms with Crippen LogP contribution in [0.15, 0.2) is 0 Å². The van der Waals surface area contributed by atoms with Gasteiger partial charge in [-0.15, -0.1) is 5.92 Å². The summed E-state index contributed by atoms with van der Waals surface area (Å²) in [4.78, 5) is 24.4. The van der Waals surface area contributed by atoms with Crippen LogP contribution >= 0.6 is 0 Å². The lowest BCUT2D eigenvalue weighted by molar-refractivity contribution is -0.151. The molecule has 0 saturated heterocycles. The van der Waals surface area contributed by atoms with E-state index in [1.807, 2.05) is 0 Å². The maximum absolute atomic E-state index is 12.5. The molecular formula is C20H33NO4. The van der Waals surface area contributed by atoms with Gasteiger partial charge in [-0.2, -0.15) is 0 Å². The largest absolute Gasteiger partial charge is 0.464 e. The number of carbonyl (C=O) groups is 2. The number of amides is 1. The molecule has 0 unspecified atom stereocenters. The monoisotopic (exact) mass is 351 g/mol. The Morgan fingerprint density at radius 1 is 1.00 bits per heavy atom. The van der Waals surface area contributed by atoms with Crippen molar-refractivity contribution in [2.24, 2.45) is 0 Å². The van der Waals surface area contributed by atoms with E-state index in [1.54, 1.807) is 6.92 Å². The molecule has 5 nitrogen and oxygen atoms in total. The van der Waals surface area contributed by atoms with E-state index in [0.29, 0.717) is 19.4 Å². The van der Waals surface area contributed by atoms with Crippen molar-refractivity contribution in [3.63, 3.8) is 0 Å². The maximum atomic E-state index is 12.5. The average molecular weight is 351 g/mol. The zero-order chi connectivity index (χ0) is 18.4. The van der Waals surface area contributed by atoms with Crippen LogP contribution in [-0.2, 0) is 14.3 Å². The highest BCUT2D eigenvalue weighted by Gasteiger charge is 2.44. The lowest BCUT2D eigenvalue weighted by Crippen LogP contribution is -2.53. The summed E-state index contributed by atoms with van der Waals surface area (Å²) in [5.41, 5.74) is -0.919. The van der Waals surface area contributed by atoms with Gasteiger partial charge in [0.1, 0.15) is 5.54 Å². The Balaban J connectivity index is 2.30. The van der Waals surface area contributed by atoms with E-state index in [1.165, 1.54) is 32.1 Å². The Labute approximate surface area is 152 Å². The highest BCUT2D eigenvalue weighted by Crippen LogP contribution is 2.31. The highest BCUT2D eigenvalue weighted by molar-refractivity contribution is 5.86. The van der Waals surface area contributed by atoms with Crippen LogP contribution < -0.4 is 5.32 Å². The molecular weight excluding hydrogens is 318 g/mol. The Hall–Kier alpha value is -1.70. The van der Waals surface area contributed by atoms with Gasteiger partial charge in [0.15, 0.2) is 6.61 Å². The molecule has 0 atom stereocenters. The van der Waals surface area contributed by atoms with Crippen molar-refractivity contribution >= 4 is 12.1 Å². The first-order valence-corrected chi connectivity index (χ1v) is 9.66. The van der Waals surface area contributed by atoms with Gasteiger partial charge in [-0.1, -0.05) is 64.2 Å². The molecule has 0 aromatic carbocycles. The van der Waals surface area contributed by atoms with E-state index in [4.69, 9.17) is 9.47 Å². The first-order chi connectivity index (χ1) is 12.1. The fraction of sp³-hybridized carbons (Fsp3) is 0.800. The van der Waals surface area contributed by atoms with Crippen LogP contribution in [0.2, 0.25) is 0 Å². The Morgan fingerprint density at radius 3 is 2.28 bits per heavy atom. The van der Waals surface area contributed by atoms with Gasteiger partial charge in [0.25, 0.3) is 0 Å². The van der Waals surface area contributed by atoms with Crippen LogP contribution in [0.25, 0.3) is 0 Å². The van der Waals surface area contributed by atoms with Crippen molar-refractivity contribution in [1.82, 2.24) is 5.32 Å². The predicted octanol–water partition coefficient (Wildman–Crippen LogP) is 4.34. The normalized spacial score (nSPS) is 15.1. The molecule has 1 aliphatic rings. The number of ether oxygens (including phenoxy) is 2. The molecule has 1 fully saturated rings. The van der Waals surface area contributed by atoms with E-state index >= 15 is 0 Å². The van der Waals surface area contributed by atoms with Gasteiger partial charge in [0.2, 0.25) is 0 Å². The second-order valence-corrected chi connectivity index (χ2v) is 6.67. The van der Waals surface area contributed by atoms with Gasteiger partial charge < -0.3 is 14.8 Å². The Kier molecular flexibility index (Phi) is 10.8. The number of alkyl carbamates (subject to hydrolysis) is 1. The number of esters is 1. The summed E-state index contributed by atoms with van der Waals surface area (Å²) in [6.07, 6.45) is 10.7. The third kappa shape index (κ3) is 8.29. The van der Waals surface area contributed by atoms with Gasteiger partial charge >= 0.3 is 12.1 Å². The topological polar surface area (TPSA) is 64.6 Å². The molecule has 0 aromatic rings. The molecule has 5 heteroatoms. The second-order valence-electron chi connectivity index (χ2n) is 6.67. The Bertz CT molecular complexity index is 458. The summed E-state index contributed by atoms with van der Waals surface area (Å²) in [7, 11) is 0. The standard InChI is InChI=1S/C20H33NO4/c1-3-5-7-8-9-10-13-17-24-18(22)20(14-11-12-15-20)21-19(23)25-16-6-4-2/h3,5,7-17H2,1-2H3,(H,21,23). The number of hydrogen-bond acceptors (Lipinski definition) is 4. The lowest BCUT2D eigenvalue weighted by atomic mass is 9.98. The zero-order valence-electron chi connectivity index (χ0n) is 15.8. The van der Waals surface area contributed by atoms with Gasteiger partial charge in [-0.05, 0) is 26.2 Å². The number of rotatable bonds is 11. The van der Waals surface area contributed by atoms with Crippen LogP contribution in [0, 0.1) is 11.8 Å². The molecule has 1 rings (SSSR count). The quantitative estimate of drug-likeness (QED) is 0.342. The molecule has 0 spiro atoms. The minimum absolute atomic E-state index is 0.0332. The molecule has 142 valence electrons. The van der Waals surface area contributed by atoms with E-state index in [9.17, 15) is 9.59 Å². The summed E-state index contributed by atoms with van der Waals surface area (Å²) in [6, 6.07) is 0. The minimum Gasteiger partial charge on any atom is -0.464 e. The van der Waals surface area contributed by atoms with Crippen LogP contribution in [0.1, 0.15) is 84.5 Å². The fourth-order valence-corrected chi connectivity index (χ4v) is 3.13. The number of nitrogens with one attached hydrogen (secondary N) is 1. The molecule has 1 saturated carbocycles. The third-order valence-electron chi connectivity index (χ3n) is 4.62. The van der Waals surface area contributed by atoms with E-state index in [0.717, 1.165) is 25.7 Å².